The zero-order valence-corrected chi connectivity index (χ0v) is 10.7. The van der Waals surface area contributed by atoms with Crippen molar-refractivity contribution < 1.29 is 9.90 Å². The number of hydrogen-bond donors (Lipinski definition) is 1. The van der Waals surface area contributed by atoms with Gasteiger partial charge in [-0.05, 0) is 57.3 Å². The van der Waals surface area contributed by atoms with Gasteiger partial charge in [-0.3, -0.25) is 0 Å². The van der Waals surface area contributed by atoms with Crippen LogP contribution in [0.5, 0.6) is 0 Å². The summed E-state index contributed by atoms with van der Waals surface area (Å²) in [6.45, 7) is 0. The SMILES string of the molecule is O=C(O)c1cc(I)c(Cl)c(I)c1. The molecule has 5 heteroatoms. The van der Waals surface area contributed by atoms with Gasteiger partial charge in [-0.15, -0.1) is 0 Å². The molecule has 64 valence electrons. The van der Waals surface area contributed by atoms with E-state index in [0.717, 1.165) is 7.14 Å². The molecule has 1 aromatic carbocycles. The Bertz CT molecular complexity index is 315. The summed E-state index contributed by atoms with van der Waals surface area (Å²) in [6.07, 6.45) is 0. The summed E-state index contributed by atoms with van der Waals surface area (Å²) in [5, 5.41) is 9.29. The Morgan fingerprint density at radius 1 is 1.33 bits per heavy atom. The number of carboxylic acid groups (broad SMARTS) is 1. The first-order valence-electron chi connectivity index (χ1n) is 2.90. The Balaban J connectivity index is 3.31. The lowest BCUT2D eigenvalue weighted by Gasteiger charge is -2.01. The molecule has 2 nitrogen and oxygen atoms in total. The van der Waals surface area contributed by atoms with Gasteiger partial charge >= 0.3 is 5.97 Å². The molecule has 0 saturated heterocycles. The van der Waals surface area contributed by atoms with Crippen LogP contribution >= 0.6 is 56.8 Å². The highest BCUT2D eigenvalue weighted by Gasteiger charge is 2.09. The maximum absolute atomic E-state index is 10.6. The molecule has 0 aliphatic carbocycles. The Morgan fingerprint density at radius 2 is 1.75 bits per heavy atom. The van der Waals surface area contributed by atoms with Crippen molar-refractivity contribution >= 4 is 62.8 Å². The number of carboxylic acids is 1. The molecule has 12 heavy (non-hydrogen) atoms. The molecule has 0 spiro atoms. The van der Waals surface area contributed by atoms with Gasteiger partial charge in [0.2, 0.25) is 0 Å². The summed E-state index contributed by atoms with van der Waals surface area (Å²) in [5.74, 6) is -0.928. The molecule has 1 N–H and O–H groups in total. The largest absolute Gasteiger partial charge is 0.478 e. The maximum Gasteiger partial charge on any atom is 0.335 e. The number of hydrogen-bond acceptors (Lipinski definition) is 1. The van der Waals surface area contributed by atoms with E-state index in [1.54, 1.807) is 12.1 Å². The second kappa shape index (κ2) is 4.10. The number of halogens is 3. The highest BCUT2D eigenvalue weighted by atomic mass is 127. The van der Waals surface area contributed by atoms with Crippen molar-refractivity contribution in [3.63, 3.8) is 0 Å². The lowest BCUT2D eigenvalue weighted by molar-refractivity contribution is 0.0696. The molecular weight excluding hydrogens is 405 g/mol. The van der Waals surface area contributed by atoms with Crippen LogP contribution in [0.25, 0.3) is 0 Å². The second-order valence-corrected chi connectivity index (χ2v) is 4.76. The fraction of sp³-hybridized carbons (Fsp3) is 0. The number of aromatic carboxylic acids is 1. The third-order valence-electron chi connectivity index (χ3n) is 1.23. The van der Waals surface area contributed by atoms with E-state index in [0.29, 0.717) is 5.02 Å². The van der Waals surface area contributed by atoms with Gasteiger partial charge in [0.25, 0.3) is 0 Å². The fourth-order valence-corrected chi connectivity index (χ4v) is 2.56. The van der Waals surface area contributed by atoms with E-state index in [2.05, 4.69) is 0 Å². The molecule has 0 heterocycles. The van der Waals surface area contributed by atoms with E-state index in [1.165, 1.54) is 0 Å². The summed E-state index contributed by atoms with van der Waals surface area (Å²) in [4.78, 5) is 10.6. The smallest absolute Gasteiger partial charge is 0.335 e. The highest BCUT2D eigenvalue weighted by molar-refractivity contribution is 14.1. The monoisotopic (exact) mass is 408 g/mol. The Hall–Kier alpha value is 0.440. The van der Waals surface area contributed by atoms with Gasteiger partial charge in [-0.25, -0.2) is 4.79 Å². The van der Waals surface area contributed by atoms with Crippen molar-refractivity contribution in [1.82, 2.24) is 0 Å². The van der Waals surface area contributed by atoms with Crippen LogP contribution in [-0.4, -0.2) is 11.1 Å². The van der Waals surface area contributed by atoms with E-state index in [9.17, 15) is 4.79 Å². The molecule has 1 aromatic rings. The van der Waals surface area contributed by atoms with Crippen LogP contribution in [0, 0.1) is 7.14 Å². The fourth-order valence-electron chi connectivity index (χ4n) is 0.679. The molecule has 0 bridgehead atoms. The number of rotatable bonds is 1. The highest BCUT2D eigenvalue weighted by Crippen LogP contribution is 2.25. The third-order valence-corrected chi connectivity index (χ3v) is 3.98. The van der Waals surface area contributed by atoms with E-state index in [-0.39, 0.29) is 5.56 Å². The quantitative estimate of drug-likeness (QED) is 0.572. The molecule has 0 unspecified atom stereocenters. The summed E-state index contributed by atoms with van der Waals surface area (Å²) < 4.78 is 1.53. The van der Waals surface area contributed by atoms with Crippen molar-refractivity contribution in [2.24, 2.45) is 0 Å². The van der Waals surface area contributed by atoms with Crippen molar-refractivity contribution in [1.29, 1.82) is 0 Å². The van der Waals surface area contributed by atoms with Crippen LogP contribution in [-0.2, 0) is 0 Å². The van der Waals surface area contributed by atoms with Gasteiger partial charge in [0.1, 0.15) is 0 Å². The van der Waals surface area contributed by atoms with Crippen LogP contribution in [0.15, 0.2) is 12.1 Å². The Kier molecular flexibility index (Phi) is 3.59. The normalized spacial score (nSPS) is 9.92. The minimum absolute atomic E-state index is 0.271. The minimum atomic E-state index is -0.928. The van der Waals surface area contributed by atoms with Crippen LogP contribution in [0.3, 0.4) is 0 Å². The summed E-state index contributed by atoms with van der Waals surface area (Å²) in [6, 6.07) is 3.10. The van der Waals surface area contributed by atoms with Crippen molar-refractivity contribution in [2.45, 2.75) is 0 Å². The molecule has 0 saturated carbocycles. The average Bonchev–Trinajstić information content (AvgIpc) is 1.99. The van der Waals surface area contributed by atoms with E-state index < -0.39 is 5.97 Å². The molecule has 0 amide bonds. The van der Waals surface area contributed by atoms with Crippen LogP contribution in [0.4, 0.5) is 0 Å². The zero-order chi connectivity index (χ0) is 9.30. The standard InChI is InChI=1S/C7H3ClI2O2/c8-6-4(9)1-3(7(11)12)2-5(6)10/h1-2H,(H,11,12). The molecule has 0 radical (unpaired) electrons. The molecule has 0 fully saturated rings. The van der Waals surface area contributed by atoms with Crippen LogP contribution < -0.4 is 0 Å². The van der Waals surface area contributed by atoms with Gasteiger partial charge in [0.15, 0.2) is 0 Å². The van der Waals surface area contributed by atoms with Crippen LogP contribution in [0.1, 0.15) is 10.4 Å². The predicted molar refractivity (Wildman–Crippen MR) is 63.8 cm³/mol. The van der Waals surface area contributed by atoms with Gasteiger partial charge in [-0.1, -0.05) is 11.6 Å². The number of carbonyl (C=O) groups is 1. The lowest BCUT2D eigenvalue weighted by atomic mass is 10.2. The van der Waals surface area contributed by atoms with Crippen molar-refractivity contribution in [3.05, 3.63) is 29.9 Å². The van der Waals surface area contributed by atoms with Gasteiger partial charge in [0.05, 0.1) is 10.6 Å². The van der Waals surface area contributed by atoms with E-state index >= 15 is 0 Å². The molecule has 1 rings (SSSR count). The predicted octanol–water partition coefficient (Wildman–Crippen LogP) is 3.25. The maximum atomic E-state index is 10.6. The Labute approximate surface area is 102 Å². The van der Waals surface area contributed by atoms with Crippen LogP contribution in [0.2, 0.25) is 5.02 Å². The lowest BCUT2D eigenvalue weighted by Crippen LogP contribution is -1.97. The molecule has 0 atom stereocenters. The molecule has 0 aliphatic heterocycles. The second-order valence-electron chi connectivity index (χ2n) is 2.06. The Morgan fingerprint density at radius 3 is 2.08 bits per heavy atom. The summed E-state index contributed by atoms with van der Waals surface area (Å²) >= 11 is 9.86. The third kappa shape index (κ3) is 2.23. The van der Waals surface area contributed by atoms with E-state index in [1.807, 2.05) is 45.2 Å². The first-order valence-corrected chi connectivity index (χ1v) is 5.43. The van der Waals surface area contributed by atoms with Gasteiger partial charge in [-0.2, -0.15) is 0 Å². The van der Waals surface area contributed by atoms with Crippen molar-refractivity contribution in [2.75, 3.05) is 0 Å². The topological polar surface area (TPSA) is 37.3 Å². The molecule has 0 aromatic heterocycles. The molecular formula is C7H3ClI2O2. The van der Waals surface area contributed by atoms with Gasteiger partial charge in [0, 0.05) is 7.14 Å². The summed E-state index contributed by atoms with van der Waals surface area (Å²) in [5.41, 5.74) is 0.271. The van der Waals surface area contributed by atoms with E-state index in [4.69, 9.17) is 16.7 Å². The van der Waals surface area contributed by atoms with Gasteiger partial charge < -0.3 is 5.11 Å². The average molecular weight is 408 g/mol. The zero-order valence-electron chi connectivity index (χ0n) is 5.64. The minimum Gasteiger partial charge on any atom is -0.478 e. The molecule has 0 aliphatic rings. The summed E-state index contributed by atoms with van der Waals surface area (Å²) in [7, 11) is 0. The first-order chi connectivity index (χ1) is 5.52. The number of benzene rings is 1. The van der Waals surface area contributed by atoms with Crippen molar-refractivity contribution in [3.8, 4) is 0 Å². The first kappa shape index (κ1) is 10.5.